The second kappa shape index (κ2) is 8.37. The minimum atomic E-state index is -0.348. The van der Waals surface area contributed by atoms with Crippen molar-refractivity contribution >= 4 is 39.0 Å². The maximum atomic E-state index is 12.0. The molecule has 1 fully saturated rings. The summed E-state index contributed by atoms with van der Waals surface area (Å²) in [4.78, 5) is 14.5. The second-order valence-corrected chi connectivity index (χ2v) is 8.79. The van der Waals surface area contributed by atoms with Crippen molar-refractivity contribution in [3.8, 4) is 0 Å². The van der Waals surface area contributed by atoms with Crippen molar-refractivity contribution in [3.63, 3.8) is 0 Å². The average Bonchev–Trinajstić information content (AvgIpc) is 2.79. The molecule has 0 radical (unpaired) electrons. The van der Waals surface area contributed by atoms with Crippen molar-refractivity contribution < 1.29 is 4.42 Å². The van der Waals surface area contributed by atoms with E-state index in [0.717, 1.165) is 37.0 Å². The molecule has 5 heteroatoms. The zero-order chi connectivity index (χ0) is 21.4. The van der Waals surface area contributed by atoms with Gasteiger partial charge in [0, 0.05) is 41.6 Å². The molecule has 0 amide bonds. The summed E-state index contributed by atoms with van der Waals surface area (Å²) in [5, 5.41) is 7.61. The zero-order valence-electron chi connectivity index (χ0n) is 17.5. The van der Waals surface area contributed by atoms with Gasteiger partial charge >= 0.3 is 5.63 Å². The van der Waals surface area contributed by atoms with Crippen LogP contribution in [0, 0.1) is 0 Å². The van der Waals surface area contributed by atoms with E-state index in [1.165, 1.54) is 22.4 Å². The topological polar surface area (TPSA) is 45.5 Å². The van der Waals surface area contributed by atoms with E-state index in [4.69, 9.17) is 16.0 Å². The van der Waals surface area contributed by atoms with Gasteiger partial charge in [-0.2, -0.15) is 0 Å². The van der Waals surface area contributed by atoms with Crippen LogP contribution in [-0.4, -0.2) is 24.0 Å². The summed E-state index contributed by atoms with van der Waals surface area (Å²) in [5.74, 6) is 0. The Morgan fingerprint density at radius 2 is 1.77 bits per heavy atom. The van der Waals surface area contributed by atoms with E-state index in [1.807, 2.05) is 6.07 Å². The Morgan fingerprint density at radius 3 is 2.58 bits per heavy atom. The lowest BCUT2D eigenvalue weighted by Gasteiger charge is -2.37. The van der Waals surface area contributed by atoms with Crippen LogP contribution in [0.2, 0.25) is 5.02 Å². The lowest BCUT2D eigenvalue weighted by atomic mass is 9.98. The van der Waals surface area contributed by atoms with Gasteiger partial charge in [0.05, 0.1) is 5.69 Å². The first-order valence-electron chi connectivity index (χ1n) is 10.8. The molecule has 3 aromatic carbocycles. The molecule has 0 spiro atoms. The highest BCUT2D eigenvalue weighted by Crippen LogP contribution is 2.30. The quantitative estimate of drug-likeness (QED) is 0.388. The maximum Gasteiger partial charge on any atom is 0.338 e. The Labute approximate surface area is 186 Å². The largest absolute Gasteiger partial charge is 0.423 e. The Balaban J connectivity index is 1.29. The van der Waals surface area contributed by atoms with Crippen LogP contribution in [0.25, 0.3) is 21.7 Å². The molecule has 31 heavy (non-hydrogen) atoms. The monoisotopic (exact) mass is 432 g/mol. The Hall–Kier alpha value is -2.82. The third-order valence-electron chi connectivity index (χ3n) is 6.40. The fraction of sp³-hybridized carbons (Fsp3) is 0.269. The summed E-state index contributed by atoms with van der Waals surface area (Å²) in [6.07, 6.45) is 2.03. The predicted octanol–water partition coefficient (Wildman–Crippen LogP) is 6.24. The van der Waals surface area contributed by atoms with Gasteiger partial charge in [-0.3, -0.25) is 4.90 Å². The van der Waals surface area contributed by atoms with Crippen LogP contribution < -0.4 is 10.9 Å². The first-order chi connectivity index (χ1) is 15.1. The molecule has 4 nitrogen and oxygen atoms in total. The molecule has 1 atom stereocenters. The molecule has 5 rings (SSSR count). The number of hydrogen-bond acceptors (Lipinski definition) is 4. The Morgan fingerprint density at radius 1 is 1.00 bits per heavy atom. The van der Waals surface area contributed by atoms with E-state index in [0.29, 0.717) is 22.7 Å². The number of likely N-dealkylation sites (tertiary alicyclic amines) is 1. The van der Waals surface area contributed by atoms with Gasteiger partial charge in [0.25, 0.3) is 0 Å². The van der Waals surface area contributed by atoms with Crippen LogP contribution >= 0.6 is 11.6 Å². The van der Waals surface area contributed by atoms with E-state index in [9.17, 15) is 4.79 Å². The van der Waals surface area contributed by atoms with Crippen molar-refractivity contribution in [2.24, 2.45) is 0 Å². The predicted molar refractivity (Wildman–Crippen MR) is 128 cm³/mol. The number of benzene rings is 3. The number of piperidine rings is 1. The lowest BCUT2D eigenvalue weighted by molar-refractivity contribution is 0.168. The highest BCUT2D eigenvalue weighted by molar-refractivity contribution is 6.31. The minimum absolute atomic E-state index is 0.309. The molecule has 4 aromatic rings. The summed E-state index contributed by atoms with van der Waals surface area (Å²) in [5.41, 5.74) is 2.36. The summed E-state index contributed by atoms with van der Waals surface area (Å²) in [7, 11) is 0. The van der Waals surface area contributed by atoms with Gasteiger partial charge in [-0.05, 0) is 60.4 Å². The van der Waals surface area contributed by atoms with Gasteiger partial charge < -0.3 is 9.73 Å². The molecule has 1 aliphatic rings. The molecule has 0 saturated carbocycles. The van der Waals surface area contributed by atoms with Crippen molar-refractivity contribution in [1.82, 2.24) is 4.90 Å². The van der Waals surface area contributed by atoms with Gasteiger partial charge in [-0.15, -0.1) is 0 Å². The Kier molecular flexibility index (Phi) is 5.43. The van der Waals surface area contributed by atoms with E-state index < -0.39 is 0 Å². The molecule has 158 valence electrons. The smallest absolute Gasteiger partial charge is 0.338 e. The number of halogens is 1. The number of nitrogens with one attached hydrogen (secondary N) is 1. The molecule has 2 heterocycles. The fourth-order valence-corrected chi connectivity index (χ4v) is 4.76. The van der Waals surface area contributed by atoms with Crippen molar-refractivity contribution in [1.29, 1.82) is 0 Å². The summed E-state index contributed by atoms with van der Waals surface area (Å²) < 4.78 is 5.31. The average molecular weight is 433 g/mol. The number of anilines is 1. The van der Waals surface area contributed by atoms with E-state index in [-0.39, 0.29) is 5.63 Å². The fourth-order valence-electron chi connectivity index (χ4n) is 4.58. The number of rotatable bonds is 4. The van der Waals surface area contributed by atoms with Gasteiger partial charge in [0.15, 0.2) is 0 Å². The van der Waals surface area contributed by atoms with Gasteiger partial charge in [-0.25, -0.2) is 4.79 Å². The van der Waals surface area contributed by atoms with Crippen molar-refractivity contribution in [2.45, 2.75) is 31.8 Å². The maximum absolute atomic E-state index is 12.0. The number of nitrogens with zero attached hydrogens (tertiary/aromatic N) is 1. The normalized spacial score (nSPS) is 16.6. The third kappa shape index (κ3) is 4.18. The van der Waals surface area contributed by atoms with Crippen LogP contribution in [0.3, 0.4) is 0 Å². The molecule has 1 N–H and O–H groups in total. The van der Waals surface area contributed by atoms with Gasteiger partial charge in [0.2, 0.25) is 0 Å². The lowest BCUT2D eigenvalue weighted by Crippen LogP contribution is -2.40. The molecule has 1 unspecified atom stereocenters. The molecule has 0 bridgehead atoms. The summed E-state index contributed by atoms with van der Waals surface area (Å²) in [6.45, 7) is 4.30. The second-order valence-electron chi connectivity index (χ2n) is 8.36. The highest BCUT2D eigenvalue weighted by Gasteiger charge is 2.24. The molecular formula is C26H25ClN2O2. The molecule has 1 aromatic heterocycles. The summed E-state index contributed by atoms with van der Waals surface area (Å²) in [6, 6.07) is 22.8. The first-order valence-corrected chi connectivity index (χ1v) is 11.2. The summed E-state index contributed by atoms with van der Waals surface area (Å²) >= 11 is 6.17. The van der Waals surface area contributed by atoms with Crippen LogP contribution in [0.1, 0.15) is 31.4 Å². The first kappa shape index (κ1) is 20.1. The molecule has 1 aliphatic heterocycles. The third-order valence-corrected chi connectivity index (χ3v) is 6.63. The number of fused-ring (bicyclic) bond motifs is 2. The van der Waals surface area contributed by atoms with E-state index in [2.05, 4.69) is 59.6 Å². The SMILES string of the molecule is CC(c1ccc2ccccc2c1)N1CCC(Nc2cc(=O)oc3ccc(Cl)cc23)CC1. The van der Waals surface area contributed by atoms with Crippen LogP contribution in [0.15, 0.2) is 75.9 Å². The molecule has 1 saturated heterocycles. The van der Waals surface area contributed by atoms with Crippen LogP contribution in [0.5, 0.6) is 0 Å². The Bertz CT molecular complexity index is 1290. The van der Waals surface area contributed by atoms with Crippen LogP contribution in [0.4, 0.5) is 5.69 Å². The van der Waals surface area contributed by atoms with E-state index >= 15 is 0 Å². The number of hydrogen-bond donors (Lipinski definition) is 1. The zero-order valence-corrected chi connectivity index (χ0v) is 18.2. The van der Waals surface area contributed by atoms with Gasteiger partial charge in [-0.1, -0.05) is 48.0 Å². The highest BCUT2D eigenvalue weighted by atomic mass is 35.5. The molecular weight excluding hydrogens is 408 g/mol. The van der Waals surface area contributed by atoms with Crippen molar-refractivity contribution in [3.05, 3.63) is 87.7 Å². The minimum Gasteiger partial charge on any atom is -0.423 e. The van der Waals surface area contributed by atoms with Gasteiger partial charge in [0.1, 0.15) is 5.58 Å². The van der Waals surface area contributed by atoms with E-state index in [1.54, 1.807) is 12.1 Å². The molecule has 0 aliphatic carbocycles. The standard InChI is InChI=1S/C26H25ClN2O2/c1-17(19-7-6-18-4-2-3-5-20(18)14-19)29-12-10-22(11-13-29)28-24-16-26(30)31-25-9-8-21(27)15-23(24)25/h2-9,14-17,22,28H,10-13H2,1H3. The van der Waals surface area contributed by atoms with Crippen LogP contribution in [-0.2, 0) is 0 Å². The van der Waals surface area contributed by atoms with Crippen molar-refractivity contribution in [2.75, 3.05) is 18.4 Å².